The Balaban J connectivity index is 1.61. The van der Waals surface area contributed by atoms with Crippen molar-refractivity contribution < 1.29 is 13.9 Å². The monoisotopic (exact) mass is 392 g/mol. The highest BCUT2D eigenvalue weighted by Gasteiger charge is 2.14. The summed E-state index contributed by atoms with van der Waals surface area (Å²) in [6, 6.07) is 10.2. The predicted molar refractivity (Wildman–Crippen MR) is 106 cm³/mol. The van der Waals surface area contributed by atoms with Crippen molar-refractivity contribution in [2.75, 3.05) is 26.7 Å². The molecule has 0 aromatic heterocycles. The van der Waals surface area contributed by atoms with Crippen LogP contribution in [0.1, 0.15) is 24.0 Å². The van der Waals surface area contributed by atoms with E-state index in [1.54, 1.807) is 31.4 Å². The molecule has 1 heterocycles. The zero-order chi connectivity index (χ0) is 19.1. The Hall–Kier alpha value is -1.82. The molecule has 0 saturated carbocycles. The average Bonchev–Trinajstić information content (AvgIpc) is 2.69. The highest BCUT2D eigenvalue weighted by Crippen LogP contribution is 2.34. The largest absolute Gasteiger partial charge is 0.493 e. The van der Waals surface area contributed by atoms with Crippen molar-refractivity contribution in [2.24, 2.45) is 5.92 Å². The topological polar surface area (TPSA) is 42.5 Å². The number of rotatable bonds is 8. The molecule has 0 unspecified atom stereocenters. The molecule has 27 heavy (non-hydrogen) atoms. The van der Waals surface area contributed by atoms with Crippen LogP contribution in [0.25, 0.3) is 0 Å². The molecule has 0 atom stereocenters. The molecule has 1 fully saturated rings. The second kappa shape index (κ2) is 9.93. The van der Waals surface area contributed by atoms with Gasteiger partial charge in [-0.1, -0.05) is 29.8 Å². The van der Waals surface area contributed by atoms with E-state index >= 15 is 0 Å². The summed E-state index contributed by atoms with van der Waals surface area (Å²) >= 11 is 6.43. The number of benzene rings is 2. The molecule has 4 nitrogen and oxygen atoms in total. The fraction of sp³-hybridized carbons (Fsp3) is 0.429. The van der Waals surface area contributed by atoms with Gasteiger partial charge in [-0.05, 0) is 56.1 Å². The third-order valence-corrected chi connectivity index (χ3v) is 5.23. The summed E-state index contributed by atoms with van der Waals surface area (Å²) < 4.78 is 25.0. The van der Waals surface area contributed by atoms with Crippen LogP contribution >= 0.6 is 11.6 Å². The number of hydrogen-bond acceptors (Lipinski definition) is 4. The Morgan fingerprint density at radius 1 is 1.15 bits per heavy atom. The van der Waals surface area contributed by atoms with Crippen molar-refractivity contribution in [1.82, 2.24) is 10.6 Å². The quantitative estimate of drug-likeness (QED) is 0.708. The maximum atomic E-state index is 13.8. The number of piperidine rings is 1. The van der Waals surface area contributed by atoms with Gasteiger partial charge in [-0.3, -0.25) is 0 Å². The smallest absolute Gasteiger partial charge is 0.163 e. The number of ether oxygens (including phenoxy) is 2. The van der Waals surface area contributed by atoms with Gasteiger partial charge in [-0.25, -0.2) is 4.39 Å². The Labute approximate surface area is 165 Å². The van der Waals surface area contributed by atoms with Crippen molar-refractivity contribution >= 4 is 11.6 Å². The lowest BCUT2D eigenvalue weighted by Crippen LogP contribution is -2.33. The third kappa shape index (κ3) is 5.58. The molecule has 0 bridgehead atoms. The first kappa shape index (κ1) is 19.9. The molecule has 2 N–H and O–H groups in total. The summed E-state index contributed by atoms with van der Waals surface area (Å²) in [6.45, 7) is 3.95. The van der Waals surface area contributed by atoms with Crippen LogP contribution in [0.4, 0.5) is 4.39 Å². The average molecular weight is 393 g/mol. The maximum Gasteiger partial charge on any atom is 0.163 e. The highest BCUT2D eigenvalue weighted by atomic mass is 35.5. The Kier molecular flexibility index (Phi) is 7.33. The zero-order valence-corrected chi connectivity index (χ0v) is 16.3. The molecule has 0 amide bonds. The molecule has 146 valence electrons. The lowest BCUT2D eigenvalue weighted by Gasteiger charge is -2.23. The normalized spacial score (nSPS) is 14.9. The first-order chi connectivity index (χ1) is 13.2. The molecule has 1 aliphatic heterocycles. The summed E-state index contributed by atoms with van der Waals surface area (Å²) in [7, 11) is 1.59. The Morgan fingerprint density at radius 2 is 1.93 bits per heavy atom. The van der Waals surface area contributed by atoms with Crippen LogP contribution in [0.15, 0.2) is 36.4 Å². The summed E-state index contributed by atoms with van der Waals surface area (Å²) in [5.74, 6) is 1.51. The van der Waals surface area contributed by atoms with Gasteiger partial charge in [0.25, 0.3) is 0 Å². The second-order valence-electron chi connectivity index (χ2n) is 6.80. The molecule has 0 radical (unpaired) electrons. The van der Waals surface area contributed by atoms with E-state index in [4.69, 9.17) is 21.1 Å². The minimum atomic E-state index is -0.290. The fourth-order valence-electron chi connectivity index (χ4n) is 3.25. The van der Waals surface area contributed by atoms with E-state index in [1.807, 2.05) is 6.07 Å². The number of nitrogens with one attached hydrogen (secondary N) is 2. The second-order valence-corrected chi connectivity index (χ2v) is 7.21. The molecular weight excluding hydrogens is 367 g/mol. The summed E-state index contributed by atoms with van der Waals surface area (Å²) in [6.07, 6.45) is 2.40. The first-order valence-electron chi connectivity index (χ1n) is 9.31. The van der Waals surface area contributed by atoms with Gasteiger partial charge >= 0.3 is 0 Å². The van der Waals surface area contributed by atoms with E-state index < -0.39 is 0 Å². The van der Waals surface area contributed by atoms with Crippen LogP contribution in [-0.4, -0.2) is 26.7 Å². The van der Waals surface area contributed by atoms with E-state index in [1.165, 1.54) is 18.9 Å². The summed E-state index contributed by atoms with van der Waals surface area (Å²) in [4.78, 5) is 0. The molecule has 3 rings (SSSR count). The van der Waals surface area contributed by atoms with Crippen molar-refractivity contribution in [3.8, 4) is 11.5 Å². The Bertz CT molecular complexity index is 751. The molecule has 1 aliphatic rings. The standard InChI is InChI=1S/C21H26ClFN2O2/c1-26-20-10-17(13-25-12-15-6-8-24-9-7-15)18(22)11-21(20)27-14-16-4-2-3-5-19(16)23/h2-5,10-11,15,24-25H,6-9,12-14H2,1H3. The number of halogens is 2. The molecule has 6 heteroatoms. The summed E-state index contributed by atoms with van der Waals surface area (Å²) in [5, 5.41) is 7.48. The van der Waals surface area contributed by atoms with Crippen molar-refractivity contribution in [3.63, 3.8) is 0 Å². The Morgan fingerprint density at radius 3 is 2.67 bits per heavy atom. The third-order valence-electron chi connectivity index (χ3n) is 4.88. The van der Waals surface area contributed by atoms with Crippen molar-refractivity contribution in [3.05, 3.63) is 58.4 Å². The zero-order valence-electron chi connectivity index (χ0n) is 15.6. The molecule has 2 aromatic rings. The van der Waals surface area contributed by atoms with Crippen molar-refractivity contribution in [2.45, 2.75) is 26.0 Å². The predicted octanol–water partition coefficient (Wildman–Crippen LogP) is 4.16. The van der Waals surface area contributed by atoms with Crippen LogP contribution in [0.3, 0.4) is 0 Å². The molecule has 0 spiro atoms. The van der Waals surface area contributed by atoms with Gasteiger partial charge in [0.2, 0.25) is 0 Å². The van der Waals surface area contributed by atoms with Crippen LogP contribution in [0.2, 0.25) is 5.02 Å². The maximum absolute atomic E-state index is 13.8. The van der Waals surface area contributed by atoms with Gasteiger partial charge in [0.05, 0.1) is 7.11 Å². The van der Waals surface area contributed by atoms with Crippen LogP contribution in [-0.2, 0) is 13.2 Å². The molecule has 1 saturated heterocycles. The van der Waals surface area contributed by atoms with E-state index in [0.717, 1.165) is 25.2 Å². The molecule has 2 aromatic carbocycles. The fourth-order valence-corrected chi connectivity index (χ4v) is 3.47. The van der Waals surface area contributed by atoms with Gasteiger partial charge in [0.1, 0.15) is 12.4 Å². The van der Waals surface area contributed by atoms with Crippen LogP contribution in [0.5, 0.6) is 11.5 Å². The van der Waals surface area contributed by atoms with Gasteiger partial charge < -0.3 is 20.1 Å². The van der Waals surface area contributed by atoms with E-state index in [0.29, 0.717) is 34.5 Å². The van der Waals surface area contributed by atoms with E-state index in [2.05, 4.69) is 10.6 Å². The number of hydrogen-bond donors (Lipinski definition) is 2. The van der Waals surface area contributed by atoms with Gasteiger partial charge in [0, 0.05) is 23.2 Å². The van der Waals surface area contributed by atoms with E-state index in [9.17, 15) is 4.39 Å². The lowest BCUT2D eigenvalue weighted by atomic mass is 9.98. The van der Waals surface area contributed by atoms with Crippen LogP contribution < -0.4 is 20.1 Å². The van der Waals surface area contributed by atoms with Gasteiger partial charge in [-0.2, -0.15) is 0 Å². The van der Waals surface area contributed by atoms with E-state index in [-0.39, 0.29) is 12.4 Å². The van der Waals surface area contributed by atoms with Crippen LogP contribution in [0, 0.1) is 11.7 Å². The minimum absolute atomic E-state index is 0.118. The van der Waals surface area contributed by atoms with Gasteiger partial charge in [0.15, 0.2) is 11.5 Å². The SMILES string of the molecule is COc1cc(CNCC2CCNCC2)c(Cl)cc1OCc1ccccc1F. The van der Waals surface area contributed by atoms with Crippen molar-refractivity contribution in [1.29, 1.82) is 0 Å². The number of methoxy groups -OCH3 is 1. The molecular formula is C21H26ClFN2O2. The summed E-state index contributed by atoms with van der Waals surface area (Å²) in [5.41, 5.74) is 1.45. The first-order valence-corrected chi connectivity index (χ1v) is 9.69. The minimum Gasteiger partial charge on any atom is -0.493 e. The van der Waals surface area contributed by atoms with Gasteiger partial charge in [-0.15, -0.1) is 0 Å². The molecule has 0 aliphatic carbocycles. The lowest BCUT2D eigenvalue weighted by molar-refractivity contribution is 0.279. The highest BCUT2D eigenvalue weighted by molar-refractivity contribution is 6.31.